The van der Waals surface area contributed by atoms with Crippen molar-refractivity contribution in [3.63, 3.8) is 0 Å². The molecule has 0 radical (unpaired) electrons. The normalized spacial score (nSPS) is 14.4. The first-order valence-electron chi connectivity index (χ1n) is 23.6. The van der Waals surface area contributed by atoms with Crippen LogP contribution in [0.15, 0.2) is 12.2 Å². The number of aliphatic hydroxyl groups excluding tert-OH is 1. The molecule has 0 aliphatic heterocycles. The largest absolute Gasteiger partial charge is 0.756 e. The zero-order valence-electron chi connectivity index (χ0n) is 37.1. The van der Waals surface area contributed by atoms with Crippen LogP contribution in [0.4, 0.5) is 0 Å². The number of carbonyl (C=O) groups excluding carboxylic acids is 1. The number of amides is 1. The zero-order chi connectivity index (χ0) is 40.7. The van der Waals surface area contributed by atoms with Crippen LogP contribution in [0.2, 0.25) is 0 Å². The van der Waals surface area contributed by atoms with Crippen LogP contribution >= 0.6 is 7.82 Å². The highest BCUT2D eigenvalue weighted by Crippen LogP contribution is 2.38. The molecule has 8 nitrogen and oxygen atoms in total. The Kier molecular flexibility index (Phi) is 38.2. The number of likely N-dealkylation sites (N-methyl/N-ethyl adjacent to an activating group) is 1. The quantitative estimate of drug-likeness (QED) is 0.0275. The smallest absolute Gasteiger partial charge is 0.268 e. The number of aliphatic hydroxyl groups is 1. The van der Waals surface area contributed by atoms with E-state index in [4.69, 9.17) is 9.05 Å². The van der Waals surface area contributed by atoms with Crippen molar-refractivity contribution in [2.75, 3.05) is 40.9 Å². The third-order valence-corrected chi connectivity index (χ3v) is 11.7. The van der Waals surface area contributed by atoms with E-state index in [1.165, 1.54) is 167 Å². The molecule has 0 saturated carbocycles. The van der Waals surface area contributed by atoms with Crippen molar-refractivity contribution in [3.05, 3.63) is 12.2 Å². The van der Waals surface area contributed by atoms with Crippen LogP contribution in [0.5, 0.6) is 0 Å². The number of nitrogens with zero attached hydrogens (tertiary/aromatic N) is 1. The zero-order valence-corrected chi connectivity index (χ0v) is 38.0. The number of phosphoric ester groups is 1. The summed E-state index contributed by atoms with van der Waals surface area (Å²) in [5.74, 6) is -0.195. The number of unbranched alkanes of at least 4 members (excludes halogenated alkanes) is 30. The van der Waals surface area contributed by atoms with Crippen LogP contribution in [0.3, 0.4) is 0 Å². The summed E-state index contributed by atoms with van der Waals surface area (Å²) in [5.41, 5.74) is 0. The number of rotatable bonds is 43. The number of phosphoric acid groups is 1. The average Bonchev–Trinajstić information content (AvgIpc) is 3.13. The van der Waals surface area contributed by atoms with Crippen molar-refractivity contribution >= 4 is 13.7 Å². The maximum atomic E-state index is 12.9. The Bertz CT molecular complexity index is 911. The molecular formula is C46H93N2O6P. The van der Waals surface area contributed by atoms with Crippen molar-refractivity contribution in [2.24, 2.45) is 0 Å². The van der Waals surface area contributed by atoms with E-state index in [1.807, 2.05) is 27.2 Å². The van der Waals surface area contributed by atoms with Crippen LogP contribution in [-0.4, -0.2) is 68.5 Å². The number of allylic oxidation sites excluding steroid dienone is 1. The van der Waals surface area contributed by atoms with Gasteiger partial charge in [-0.1, -0.05) is 212 Å². The monoisotopic (exact) mass is 801 g/mol. The Morgan fingerprint density at radius 1 is 0.618 bits per heavy atom. The minimum Gasteiger partial charge on any atom is -0.756 e. The predicted molar refractivity (Wildman–Crippen MR) is 233 cm³/mol. The Morgan fingerprint density at radius 2 is 0.982 bits per heavy atom. The lowest BCUT2D eigenvalue weighted by Gasteiger charge is -2.29. The molecule has 55 heavy (non-hydrogen) atoms. The standard InChI is InChI=1S/C46H93N2O6P/c1-6-8-10-12-14-16-18-19-20-21-22-23-24-25-26-27-28-30-32-34-36-38-40-46(50)47-44(43-54-55(51,52)53-42-41-48(3,4)5)45(49)39-37-35-33-31-29-17-15-13-11-9-7-2/h37,39,44-45,49H,6-36,38,40-43H2,1-5H3,(H-,47,50,51,52)/b39-37+/t44-,45+/m0/s1. The van der Waals surface area contributed by atoms with E-state index >= 15 is 0 Å². The predicted octanol–water partition coefficient (Wildman–Crippen LogP) is 12.5. The molecule has 0 rings (SSSR count). The lowest BCUT2D eigenvalue weighted by molar-refractivity contribution is -0.870. The summed E-state index contributed by atoms with van der Waals surface area (Å²) in [6.45, 7) is 4.65. The molecule has 3 atom stereocenters. The molecule has 0 spiro atoms. The SMILES string of the molecule is CCCCCCCCCCC/C=C/[C@@H](O)[C@H](COP(=O)([O-])OCC[N+](C)(C)C)NC(=O)CCCCCCCCCCCCCCCCCCCCCCCC. The topological polar surface area (TPSA) is 108 Å². The van der Waals surface area contributed by atoms with Gasteiger partial charge in [-0.05, 0) is 19.3 Å². The second-order valence-corrected chi connectivity index (χ2v) is 18.9. The van der Waals surface area contributed by atoms with Gasteiger partial charge in [0.05, 0.1) is 39.9 Å². The summed E-state index contributed by atoms with van der Waals surface area (Å²) in [6, 6.07) is -0.879. The lowest BCUT2D eigenvalue weighted by Crippen LogP contribution is -2.45. The van der Waals surface area contributed by atoms with Gasteiger partial charge in [0.1, 0.15) is 13.2 Å². The fourth-order valence-electron chi connectivity index (χ4n) is 6.98. The average molecular weight is 801 g/mol. The molecule has 0 fully saturated rings. The lowest BCUT2D eigenvalue weighted by atomic mass is 10.0. The number of quaternary nitrogens is 1. The van der Waals surface area contributed by atoms with Crippen molar-refractivity contribution in [1.82, 2.24) is 5.32 Å². The third-order valence-electron chi connectivity index (χ3n) is 10.7. The van der Waals surface area contributed by atoms with Crippen LogP contribution in [0.25, 0.3) is 0 Å². The maximum absolute atomic E-state index is 12.9. The molecule has 0 aromatic heterocycles. The molecule has 0 aliphatic carbocycles. The number of carbonyl (C=O) groups is 1. The summed E-state index contributed by atoms with van der Waals surface area (Å²) in [4.78, 5) is 25.3. The van der Waals surface area contributed by atoms with Gasteiger partial charge in [0.2, 0.25) is 5.91 Å². The summed E-state index contributed by atoms with van der Waals surface area (Å²) < 4.78 is 23.2. The molecule has 0 bridgehead atoms. The van der Waals surface area contributed by atoms with Crippen LogP contribution in [-0.2, 0) is 18.4 Å². The Balaban J connectivity index is 4.21. The molecule has 0 aromatic carbocycles. The van der Waals surface area contributed by atoms with Gasteiger partial charge in [0.15, 0.2) is 0 Å². The van der Waals surface area contributed by atoms with E-state index in [2.05, 4.69) is 19.2 Å². The van der Waals surface area contributed by atoms with E-state index in [0.717, 1.165) is 38.5 Å². The van der Waals surface area contributed by atoms with E-state index in [-0.39, 0.29) is 19.1 Å². The molecule has 1 unspecified atom stereocenters. The van der Waals surface area contributed by atoms with Gasteiger partial charge in [-0.2, -0.15) is 0 Å². The van der Waals surface area contributed by atoms with E-state index in [1.54, 1.807) is 6.08 Å². The van der Waals surface area contributed by atoms with E-state index < -0.39 is 20.0 Å². The molecule has 0 saturated heterocycles. The Morgan fingerprint density at radius 3 is 1.36 bits per heavy atom. The van der Waals surface area contributed by atoms with Crippen molar-refractivity contribution in [3.8, 4) is 0 Å². The highest BCUT2D eigenvalue weighted by atomic mass is 31.2. The number of hydrogen-bond donors (Lipinski definition) is 2. The van der Waals surface area contributed by atoms with Crippen molar-refractivity contribution in [1.29, 1.82) is 0 Å². The van der Waals surface area contributed by atoms with Gasteiger partial charge >= 0.3 is 0 Å². The van der Waals surface area contributed by atoms with Gasteiger partial charge in [-0.15, -0.1) is 0 Å². The van der Waals surface area contributed by atoms with Gasteiger partial charge in [-0.25, -0.2) is 0 Å². The highest BCUT2D eigenvalue weighted by Gasteiger charge is 2.23. The summed E-state index contributed by atoms with van der Waals surface area (Å²) in [7, 11) is 1.27. The molecule has 0 aromatic rings. The molecule has 9 heteroatoms. The molecule has 2 N–H and O–H groups in total. The molecule has 0 heterocycles. The van der Waals surface area contributed by atoms with Gasteiger partial charge in [0.25, 0.3) is 7.82 Å². The second-order valence-electron chi connectivity index (χ2n) is 17.5. The molecular weight excluding hydrogens is 707 g/mol. The Hall–Kier alpha value is -0.760. The van der Waals surface area contributed by atoms with E-state index in [9.17, 15) is 19.4 Å². The fraction of sp³-hybridized carbons (Fsp3) is 0.935. The van der Waals surface area contributed by atoms with Crippen LogP contribution < -0.4 is 10.2 Å². The maximum Gasteiger partial charge on any atom is 0.268 e. The first-order valence-corrected chi connectivity index (χ1v) is 25.0. The first kappa shape index (κ1) is 54.2. The minimum absolute atomic E-state index is 0.00199. The number of hydrogen-bond acceptors (Lipinski definition) is 6. The molecule has 328 valence electrons. The summed E-state index contributed by atoms with van der Waals surface area (Å²) >= 11 is 0. The molecule has 0 aliphatic rings. The Labute approximate surface area is 342 Å². The van der Waals surface area contributed by atoms with Gasteiger partial charge < -0.3 is 28.8 Å². The van der Waals surface area contributed by atoms with Crippen LogP contribution in [0, 0.1) is 0 Å². The van der Waals surface area contributed by atoms with E-state index in [0.29, 0.717) is 17.4 Å². The fourth-order valence-corrected chi connectivity index (χ4v) is 7.70. The van der Waals surface area contributed by atoms with Crippen molar-refractivity contribution < 1.29 is 32.9 Å². The third kappa shape index (κ3) is 41.2. The minimum atomic E-state index is -4.58. The summed E-state index contributed by atoms with van der Waals surface area (Å²) in [6.07, 6.45) is 44.1. The first-order chi connectivity index (χ1) is 26.5. The van der Waals surface area contributed by atoms with Crippen molar-refractivity contribution in [2.45, 2.75) is 238 Å². The van der Waals surface area contributed by atoms with Gasteiger partial charge in [-0.3, -0.25) is 9.36 Å². The summed E-state index contributed by atoms with van der Waals surface area (Å²) in [5, 5.41) is 13.8. The highest BCUT2D eigenvalue weighted by molar-refractivity contribution is 7.45. The van der Waals surface area contributed by atoms with Crippen LogP contribution in [0.1, 0.15) is 226 Å². The number of nitrogens with one attached hydrogen (secondary N) is 1. The molecule has 1 amide bonds. The second kappa shape index (κ2) is 38.7. The van der Waals surface area contributed by atoms with Gasteiger partial charge in [0, 0.05) is 6.42 Å².